The first-order chi connectivity index (χ1) is 10.5. The van der Waals surface area contributed by atoms with Crippen LogP contribution in [0, 0.1) is 0 Å². The van der Waals surface area contributed by atoms with Crippen LogP contribution in [0.5, 0.6) is 0 Å². The number of carbonyl (C=O) groups is 1. The smallest absolute Gasteiger partial charge is 0.191 e. The maximum Gasteiger partial charge on any atom is 0.191 e. The second-order valence-electron chi connectivity index (χ2n) is 5.58. The molecule has 0 radical (unpaired) electrons. The zero-order chi connectivity index (χ0) is 15.7. The Bertz CT molecular complexity index is 692. The molecule has 1 aliphatic carbocycles. The van der Waals surface area contributed by atoms with E-state index in [1.165, 1.54) is 12.4 Å². The van der Waals surface area contributed by atoms with Gasteiger partial charge in [-0.25, -0.2) is 9.97 Å². The SMILES string of the molecule is O=C(CO)c1cnc(CC2(c3cc(Cl)cc(Cl)c3)CC2)nc1. The van der Waals surface area contributed by atoms with E-state index in [-0.39, 0.29) is 11.2 Å². The third kappa shape index (κ3) is 3.14. The van der Waals surface area contributed by atoms with Gasteiger partial charge in [0.05, 0.1) is 5.56 Å². The van der Waals surface area contributed by atoms with Crippen LogP contribution < -0.4 is 0 Å². The summed E-state index contributed by atoms with van der Waals surface area (Å²) in [5.41, 5.74) is 1.41. The summed E-state index contributed by atoms with van der Waals surface area (Å²) in [6.45, 7) is -0.534. The molecule has 1 aromatic heterocycles. The number of carbonyl (C=O) groups excluding carboxylic acids is 1. The van der Waals surface area contributed by atoms with Crippen molar-refractivity contribution in [2.24, 2.45) is 0 Å². The first-order valence-electron chi connectivity index (χ1n) is 6.94. The van der Waals surface area contributed by atoms with Crippen molar-refractivity contribution < 1.29 is 9.90 Å². The summed E-state index contributed by atoms with van der Waals surface area (Å²) in [7, 11) is 0. The molecule has 114 valence electrons. The predicted molar refractivity (Wildman–Crippen MR) is 84.5 cm³/mol. The van der Waals surface area contributed by atoms with Crippen LogP contribution in [0.1, 0.15) is 34.6 Å². The van der Waals surface area contributed by atoms with Gasteiger partial charge in [0.1, 0.15) is 12.4 Å². The zero-order valence-corrected chi connectivity index (χ0v) is 13.2. The van der Waals surface area contributed by atoms with Gasteiger partial charge in [-0.3, -0.25) is 4.79 Å². The molecule has 0 saturated heterocycles. The van der Waals surface area contributed by atoms with E-state index < -0.39 is 6.61 Å². The molecule has 4 nitrogen and oxygen atoms in total. The fourth-order valence-corrected chi connectivity index (χ4v) is 3.09. The first kappa shape index (κ1) is 15.4. The van der Waals surface area contributed by atoms with Gasteiger partial charge in [0.15, 0.2) is 5.78 Å². The molecule has 1 heterocycles. The quantitative estimate of drug-likeness (QED) is 0.851. The number of rotatable bonds is 5. The van der Waals surface area contributed by atoms with Gasteiger partial charge in [-0.15, -0.1) is 0 Å². The van der Waals surface area contributed by atoms with Crippen molar-refractivity contribution in [3.05, 3.63) is 57.6 Å². The van der Waals surface area contributed by atoms with Gasteiger partial charge in [0.25, 0.3) is 0 Å². The van der Waals surface area contributed by atoms with E-state index in [9.17, 15) is 4.79 Å². The van der Waals surface area contributed by atoms with Gasteiger partial charge in [0, 0.05) is 34.3 Å². The molecule has 0 bridgehead atoms. The summed E-state index contributed by atoms with van der Waals surface area (Å²) in [5, 5.41) is 10.1. The predicted octanol–water partition coefficient (Wildman–Crippen LogP) is 3.23. The van der Waals surface area contributed by atoms with E-state index in [2.05, 4.69) is 9.97 Å². The van der Waals surface area contributed by atoms with Gasteiger partial charge in [-0.05, 0) is 36.6 Å². The highest BCUT2D eigenvalue weighted by Crippen LogP contribution is 2.51. The van der Waals surface area contributed by atoms with Crippen molar-refractivity contribution in [2.45, 2.75) is 24.7 Å². The number of nitrogens with zero attached hydrogens (tertiary/aromatic N) is 2. The summed E-state index contributed by atoms with van der Waals surface area (Å²) >= 11 is 12.2. The number of hydrogen-bond donors (Lipinski definition) is 1. The van der Waals surface area contributed by atoms with Crippen LogP contribution in [0.2, 0.25) is 10.0 Å². The van der Waals surface area contributed by atoms with Gasteiger partial charge < -0.3 is 5.11 Å². The molecule has 1 fully saturated rings. The molecular formula is C16H14Cl2N2O2. The average Bonchev–Trinajstić information content (AvgIpc) is 3.27. The summed E-state index contributed by atoms with van der Waals surface area (Å²) in [6, 6.07) is 5.59. The maximum atomic E-state index is 11.4. The van der Waals surface area contributed by atoms with E-state index in [0.29, 0.717) is 27.9 Å². The number of aliphatic hydroxyl groups is 1. The minimum Gasteiger partial charge on any atom is -0.388 e. The molecule has 0 amide bonds. The van der Waals surface area contributed by atoms with E-state index in [4.69, 9.17) is 28.3 Å². The Balaban J connectivity index is 1.81. The number of halogens is 2. The summed E-state index contributed by atoms with van der Waals surface area (Å²) in [4.78, 5) is 19.8. The Labute approximate surface area is 138 Å². The lowest BCUT2D eigenvalue weighted by atomic mass is 9.92. The van der Waals surface area contributed by atoms with E-state index in [1.54, 1.807) is 6.07 Å². The molecule has 0 spiro atoms. The Morgan fingerprint density at radius 1 is 1.14 bits per heavy atom. The van der Waals surface area contributed by atoms with E-state index >= 15 is 0 Å². The molecule has 6 heteroatoms. The minimum absolute atomic E-state index is 0.0168. The third-order valence-electron chi connectivity index (χ3n) is 4.00. The number of ketones is 1. The van der Waals surface area contributed by atoms with Crippen molar-refractivity contribution in [1.29, 1.82) is 0 Å². The van der Waals surface area contributed by atoms with Crippen molar-refractivity contribution in [3.8, 4) is 0 Å². The lowest BCUT2D eigenvalue weighted by Gasteiger charge is -2.15. The largest absolute Gasteiger partial charge is 0.388 e. The second-order valence-corrected chi connectivity index (χ2v) is 6.46. The number of hydrogen-bond acceptors (Lipinski definition) is 4. The molecule has 0 unspecified atom stereocenters. The fraction of sp³-hybridized carbons (Fsp3) is 0.312. The first-order valence-corrected chi connectivity index (χ1v) is 7.70. The van der Waals surface area contributed by atoms with Gasteiger partial charge in [0.2, 0.25) is 0 Å². The van der Waals surface area contributed by atoms with Gasteiger partial charge in [-0.2, -0.15) is 0 Å². The van der Waals surface area contributed by atoms with Gasteiger partial charge >= 0.3 is 0 Å². The van der Waals surface area contributed by atoms with E-state index in [1.807, 2.05) is 12.1 Å². The van der Waals surface area contributed by atoms with Crippen molar-refractivity contribution >= 4 is 29.0 Å². The van der Waals surface area contributed by atoms with Crippen LogP contribution in [0.3, 0.4) is 0 Å². The summed E-state index contributed by atoms with van der Waals surface area (Å²) in [6.07, 6.45) is 5.66. The van der Waals surface area contributed by atoms with Crippen LogP contribution in [0.25, 0.3) is 0 Å². The molecule has 0 aliphatic heterocycles. The van der Waals surface area contributed by atoms with Crippen LogP contribution in [-0.4, -0.2) is 27.5 Å². The Morgan fingerprint density at radius 2 is 1.73 bits per heavy atom. The molecular weight excluding hydrogens is 323 g/mol. The molecule has 22 heavy (non-hydrogen) atoms. The minimum atomic E-state index is -0.534. The standard InChI is InChI=1S/C16H14Cl2N2O2/c17-12-3-11(4-13(18)5-12)16(1-2-16)6-15-19-7-10(8-20-15)14(22)9-21/h3-5,7-8,21H,1-2,6,9H2. The number of aliphatic hydroxyl groups excluding tert-OH is 1. The number of benzene rings is 1. The van der Waals surface area contributed by atoms with Crippen LogP contribution in [-0.2, 0) is 11.8 Å². The topological polar surface area (TPSA) is 63.1 Å². The zero-order valence-electron chi connectivity index (χ0n) is 11.7. The van der Waals surface area contributed by atoms with Crippen LogP contribution in [0.15, 0.2) is 30.6 Å². The third-order valence-corrected chi connectivity index (χ3v) is 4.43. The molecule has 3 rings (SSSR count). The molecule has 1 N–H and O–H groups in total. The maximum absolute atomic E-state index is 11.4. The highest BCUT2D eigenvalue weighted by atomic mass is 35.5. The summed E-state index contributed by atoms with van der Waals surface area (Å²) in [5.74, 6) is 0.289. The van der Waals surface area contributed by atoms with E-state index in [0.717, 1.165) is 18.4 Å². The molecule has 2 aromatic rings. The van der Waals surface area contributed by atoms with Crippen molar-refractivity contribution in [1.82, 2.24) is 9.97 Å². The number of aromatic nitrogens is 2. The lowest BCUT2D eigenvalue weighted by molar-refractivity contribution is 0.0903. The highest BCUT2D eigenvalue weighted by molar-refractivity contribution is 6.34. The normalized spacial score (nSPS) is 15.6. The fourth-order valence-electron chi connectivity index (χ4n) is 2.56. The summed E-state index contributed by atoms with van der Waals surface area (Å²) < 4.78 is 0. The average molecular weight is 337 g/mol. The van der Waals surface area contributed by atoms with Crippen molar-refractivity contribution in [3.63, 3.8) is 0 Å². The van der Waals surface area contributed by atoms with Gasteiger partial charge in [-0.1, -0.05) is 23.2 Å². The Hall–Kier alpha value is -1.49. The Morgan fingerprint density at radius 3 is 2.23 bits per heavy atom. The monoisotopic (exact) mass is 336 g/mol. The molecule has 1 aliphatic rings. The highest BCUT2D eigenvalue weighted by Gasteiger charge is 2.45. The van der Waals surface area contributed by atoms with Crippen molar-refractivity contribution in [2.75, 3.05) is 6.61 Å². The molecule has 1 saturated carbocycles. The van der Waals surface area contributed by atoms with Crippen LogP contribution in [0.4, 0.5) is 0 Å². The number of Topliss-reactive ketones (excluding diaryl/α,β-unsaturated/α-hetero) is 1. The molecule has 1 aromatic carbocycles. The van der Waals surface area contributed by atoms with Crippen LogP contribution >= 0.6 is 23.2 Å². The Kier molecular flexibility index (Phi) is 4.17. The second kappa shape index (κ2) is 5.95. The molecule has 0 atom stereocenters. The lowest BCUT2D eigenvalue weighted by Crippen LogP contribution is -2.14.